The fraction of sp³-hybridized carbons (Fsp3) is 0. The second-order valence-corrected chi connectivity index (χ2v) is 0. The number of hydrogen-bond donors (Lipinski definition) is 0. The molecule has 0 spiro atoms. The van der Waals surface area contributed by atoms with Gasteiger partial charge in [0.15, 0.2) is 0 Å². The molecule has 0 aliphatic rings. The van der Waals surface area contributed by atoms with Crippen molar-refractivity contribution in [2.75, 3.05) is 0 Å². The normalized spacial score (nSPS) is 0.333. The van der Waals surface area contributed by atoms with Crippen LogP contribution in [0.15, 0.2) is 0 Å². The zero-order valence-electron chi connectivity index (χ0n) is 2.66. The van der Waals surface area contributed by atoms with Gasteiger partial charge in [0.05, 0.1) is 0 Å². The van der Waals surface area contributed by atoms with E-state index in [1.54, 1.807) is 0 Å². The Morgan fingerprint density at radius 2 is 0.667 bits per heavy atom. The van der Waals surface area contributed by atoms with E-state index < -0.39 is 0 Å². The first-order valence-corrected chi connectivity index (χ1v) is 0.258. The Kier molecular flexibility index (Phi) is 24300. The first kappa shape index (κ1) is 2090. The van der Waals surface area contributed by atoms with E-state index in [1.807, 2.05) is 0 Å². The maximum absolute atomic E-state index is 6.50. The molecular formula is CH5F4N. The highest BCUT2D eigenvalue weighted by molar-refractivity contribution is 4.03. The molecule has 0 saturated carbocycles. The van der Waals surface area contributed by atoms with Gasteiger partial charge in [-0.15, -0.1) is 0 Å². The Morgan fingerprint density at radius 3 is 0.667 bits per heavy atom. The van der Waals surface area contributed by atoms with Crippen molar-refractivity contribution < 1.29 is 18.8 Å². The molecule has 0 unspecified atom stereocenters. The minimum atomic E-state index is 0. The Balaban J connectivity index is -0.000000000833. The third-order valence-corrected chi connectivity index (χ3v) is 0. The summed E-state index contributed by atoms with van der Waals surface area (Å²) in [6.07, 6.45) is 0. The molecule has 42 valence electrons. The van der Waals surface area contributed by atoms with Gasteiger partial charge in [0.1, 0.15) is 0 Å². The van der Waals surface area contributed by atoms with Gasteiger partial charge in [0, 0.05) is 6.57 Å². The van der Waals surface area contributed by atoms with Crippen LogP contribution in [0.2, 0.25) is 0 Å². The molecule has 0 rings (SSSR count). The molecule has 0 aromatic heterocycles. The van der Waals surface area contributed by atoms with E-state index in [4.69, 9.17) is 5.26 Å². The summed E-state index contributed by atoms with van der Waals surface area (Å²) in [6, 6.07) is 0. The van der Waals surface area contributed by atoms with Crippen LogP contribution in [0.1, 0.15) is 0 Å². The highest BCUT2D eigenvalue weighted by Gasteiger charge is 0.513. The summed E-state index contributed by atoms with van der Waals surface area (Å²) in [5.74, 6) is 0. The molecule has 0 atom stereocenters. The Morgan fingerprint density at radius 1 is 0.667 bits per heavy atom. The van der Waals surface area contributed by atoms with Crippen molar-refractivity contribution in [2.45, 2.75) is 0 Å². The average molecular weight is 107 g/mol. The number of nitriles is 1. The van der Waals surface area contributed by atoms with E-state index in [0.29, 0.717) is 0 Å². The second kappa shape index (κ2) is 69.5. The lowest BCUT2D eigenvalue weighted by atomic mass is 11.9. The van der Waals surface area contributed by atoms with Crippen LogP contribution in [0.4, 0.5) is 18.8 Å². The van der Waals surface area contributed by atoms with Gasteiger partial charge >= 0.3 is 0 Å². The Labute approximate surface area is 32.0 Å². The predicted octanol–water partition coefficient (Wildman–Crippen LogP) is 0.750. The number of nitrogens with zero attached hydrogens (tertiary/aromatic N) is 1. The van der Waals surface area contributed by atoms with E-state index >= 15 is 0 Å². The van der Waals surface area contributed by atoms with Crippen LogP contribution in [0.5, 0.6) is 0 Å². The molecule has 0 radical (unpaired) electrons. The van der Waals surface area contributed by atoms with E-state index in [2.05, 4.69) is 6.57 Å². The zero-order chi connectivity index (χ0) is 2.00. The van der Waals surface area contributed by atoms with Crippen molar-refractivity contribution in [3.63, 3.8) is 0 Å². The zero-order valence-corrected chi connectivity index (χ0v) is 2.66. The van der Waals surface area contributed by atoms with Crippen LogP contribution >= 0.6 is 0 Å². The molecule has 0 amide bonds. The molecule has 0 fully saturated rings. The average Bonchev–Trinajstić information content (AvgIpc) is 1.00. The standard InChI is InChI=1S/CHN.4FH/c1-2;;;;/h1H;4*1H. The molecular weight excluding hydrogens is 102 g/mol. The minimum absolute atomic E-state index is 0. The third-order valence-electron chi connectivity index (χ3n) is 0. The highest BCUT2D eigenvalue weighted by Crippen LogP contribution is 0.586. The van der Waals surface area contributed by atoms with Gasteiger partial charge in [0.25, 0.3) is 0 Å². The summed E-state index contributed by atoms with van der Waals surface area (Å²) in [5, 5.41) is 6.50. The Hall–Kier alpha value is -0.790. The molecule has 0 aliphatic carbocycles. The topological polar surface area (TPSA) is 23.8 Å². The van der Waals surface area contributed by atoms with Crippen molar-refractivity contribution in [1.82, 2.24) is 0 Å². The summed E-state index contributed by atoms with van der Waals surface area (Å²) in [5.41, 5.74) is 0. The molecule has 1 nitrogen and oxygen atoms in total. The largest absolute Gasteiger partial charge is 0.269 e. The van der Waals surface area contributed by atoms with Crippen LogP contribution in [0.25, 0.3) is 0 Å². The van der Waals surface area contributed by atoms with Gasteiger partial charge < -0.3 is 0 Å². The Bertz CT molecular complexity index is 12.3. The fourth-order valence-electron chi connectivity index (χ4n) is 0. The molecule has 6 heavy (non-hydrogen) atoms. The first-order valence-electron chi connectivity index (χ1n) is 0.258. The van der Waals surface area contributed by atoms with Crippen molar-refractivity contribution in [2.24, 2.45) is 0 Å². The summed E-state index contributed by atoms with van der Waals surface area (Å²) >= 11 is 0. The van der Waals surface area contributed by atoms with Gasteiger partial charge in [0.2, 0.25) is 0 Å². The molecule has 0 N–H and O–H groups in total. The van der Waals surface area contributed by atoms with Gasteiger partial charge in [-0.2, -0.15) is 0 Å². The molecule has 0 heterocycles. The summed E-state index contributed by atoms with van der Waals surface area (Å²) in [6.45, 7) is 3.50. The third kappa shape index (κ3) is 25.1. The van der Waals surface area contributed by atoms with Gasteiger partial charge in [-0.25, -0.2) is 5.26 Å². The second-order valence-electron chi connectivity index (χ2n) is 0. The van der Waals surface area contributed by atoms with Crippen LogP contribution in [0.3, 0.4) is 0 Å². The van der Waals surface area contributed by atoms with Gasteiger partial charge in [-0.3, -0.25) is 18.8 Å². The van der Waals surface area contributed by atoms with E-state index in [0.717, 1.165) is 0 Å². The number of halogens is 4. The fourth-order valence-corrected chi connectivity index (χ4v) is 0. The minimum Gasteiger partial charge on any atom is -0.269 e. The van der Waals surface area contributed by atoms with Gasteiger partial charge in [-0.05, 0) is 0 Å². The SMILES string of the molecule is C#N.F.F.F.F. The van der Waals surface area contributed by atoms with E-state index in [9.17, 15) is 0 Å². The molecule has 0 bridgehead atoms. The lowest BCUT2D eigenvalue weighted by molar-refractivity contribution is 1.11. The van der Waals surface area contributed by atoms with Crippen LogP contribution in [-0.2, 0) is 0 Å². The van der Waals surface area contributed by atoms with Crippen molar-refractivity contribution in [3.8, 4) is 6.57 Å². The molecule has 5 heteroatoms. The van der Waals surface area contributed by atoms with Crippen molar-refractivity contribution >= 4 is 0 Å². The smallest absolute Gasteiger partial charge is 0.0462 e. The maximum Gasteiger partial charge on any atom is 0.0462 e. The summed E-state index contributed by atoms with van der Waals surface area (Å²) in [4.78, 5) is 0. The number of hydrogen-bond acceptors (Lipinski definition) is 1. The van der Waals surface area contributed by atoms with Gasteiger partial charge in [-0.1, -0.05) is 0 Å². The van der Waals surface area contributed by atoms with Crippen LogP contribution < -0.4 is 0 Å². The highest BCUT2D eigenvalue weighted by atomic mass is 19.0. The molecule has 0 aromatic carbocycles. The molecule has 0 saturated heterocycles. The molecule has 0 aliphatic heterocycles. The molecule has 0 aromatic rings. The monoisotopic (exact) mass is 107 g/mol. The summed E-state index contributed by atoms with van der Waals surface area (Å²) in [7, 11) is 0. The van der Waals surface area contributed by atoms with Crippen LogP contribution in [0, 0.1) is 11.8 Å². The van der Waals surface area contributed by atoms with Crippen LogP contribution in [-0.4, -0.2) is 0 Å². The predicted molar refractivity (Wildman–Crippen MR) is 16.7 cm³/mol. The maximum atomic E-state index is 6.50. The lowest BCUT2D eigenvalue weighted by Crippen LogP contribution is -0.569. The van der Waals surface area contributed by atoms with Crippen molar-refractivity contribution in [1.29, 1.82) is 5.26 Å². The number of rotatable bonds is 0. The van der Waals surface area contributed by atoms with Crippen molar-refractivity contribution in [3.05, 3.63) is 0 Å². The summed E-state index contributed by atoms with van der Waals surface area (Å²) < 4.78 is 0. The van der Waals surface area contributed by atoms with E-state index in [-0.39, 0.29) is 18.8 Å². The lowest BCUT2D eigenvalue weighted by Gasteiger charge is -0.668. The van der Waals surface area contributed by atoms with E-state index in [1.165, 1.54) is 0 Å². The quantitative estimate of drug-likeness (QED) is 0.419. The first-order chi connectivity index (χ1) is 1.00.